The van der Waals surface area contributed by atoms with Crippen LogP contribution in [0.2, 0.25) is 0 Å². The summed E-state index contributed by atoms with van der Waals surface area (Å²) in [5.74, 6) is 2.03. The highest BCUT2D eigenvalue weighted by Crippen LogP contribution is 2.12. The Bertz CT molecular complexity index is 553. The minimum Gasteiger partial charge on any atom is -0.374 e. The predicted octanol–water partition coefficient (Wildman–Crippen LogP) is 0.998. The third-order valence-corrected chi connectivity index (χ3v) is 4.91. The standard InChI is InChI=1S/C17H29N5O2/c1-14-18-15(2)22(19-14)13-16-12-20(10-11-24-16)9-6-17(23)21-7-4-3-5-8-21/h16H,3-13H2,1-2H3/t16-/m0/s1. The first-order valence-electron chi connectivity index (χ1n) is 9.11. The van der Waals surface area contributed by atoms with Crippen molar-refractivity contribution in [2.75, 3.05) is 39.3 Å². The summed E-state index contributed by atoms with van der Waals surface area (Å²) in [5.41, 5.74) is 0. The summed E-state index contributed by atoms with van der Waals surface area (Å²) in [6.07, 6.45) is 4.30. The van der Waals surface area contributed by atoms with Crippen LogP contribution in [0.15, 0.2) is 0 Å². The van der Waals surface area contributed by atoms with E-state index in [2.05, 4.69) is 15.0 Å². The highest BCUT2D eigenvalue weighted by atomic mass is 16.5. The summed E-state index contributed by atoms with van der Waals surface area (Å²) in [6.45, 7) is 9.78. The summed E-state index contributed by atoms with van der Waals surface area (Å²) in [5, 5.41) is 4.41. The van der Waals surface area contributed by atoms with Crippen molar-refractivity contribution in [2.24, 2.45) is 0 Å². The average Bonchev–Trinajstić information content (AvgIpc) is 2.91. The number of hydrogen-bond acceptors (Lipinski definition) is 5. The maximum Gasteiger partial charge on any atom is 0.223 e. The molecule has 0 saturated carbocycles. The zero-order valence-corrected chi connectivity index (χ0v) is 14.9. The van der Waals surface area contributed by atoms with Crippen LogP contribution in [0.4, 0.5) is 0 Å². The lowest BCUT2D eigenvalue weighted by molar-refractivity contribution is -0.133. The van der Waals surface area contributed by atoms with Crippen molar-refractivity contribution < 1.29 is 9.53 Å². The Labute approximate surface area is 144 Å². The van der Waals surface area contributed by atoms with Gasteiger partial charge in [-0.3, -0.25) is 9.69 Å². The van der Waals surface area contributed by atoms with E-state index in [1.807, 2.05) is 23.4 Å². The summed E-state index contributed by atoms with van der Waals surface area (Å²) in [7, 11) is 0. The number of aromatic nitrogens is 3. The number of aryl methyl sites for hydroxylation is 2. The van der Waals surface area contributed by atoms with E-state index in [0.29, 0.717) is 12.3 Å². The Morgan fingerprint density at radius 1 is 1.21 bits per heavy atom. The number of rotatable bonds is 5. The second-order valence-electron chi connectivity index (χ2n) is 6.87. The third kappa shape index (κ3) is 4.54. The lowest BCUT2D eigenvalue weighted by Crippen LogP contribution is -2.46. The molecule has 1 atom stereocenters. The second kappa shape index (κ2) is 8.07. The highest BCUT2D eigenvalue weighted by Gasteiger charge is 2.23. The van der Waals surface area contributed by atoms with E-state index in [1.165, 1.54) is 6.42 Å². The number of carbonyl (C=O) groups is 1. The summed E-state index contributed by atoms with van der Waals surface area (Å²) in [4.78, 5) is 21.0. The lowest BCUT2D eigenvalue weighted by atomic mass is 10.1. The van der Waals surface area contributed by atoms with Crippen LogP contribution in [-0.4, -0.2) is 75.9 Å². The summed E-state index contributed by atoms with van der Waals surface area (Å²) >= 11 is 0. The van der Waals surface area contributed by atoms with Crippen LogP contribution in [0.1, 0.15) is 37.3 Å². The van der Waals surface area contributed by atoms with Gasteiger partial charge in [-0.15, -0.1) is 0 Å². The van der Waals surface area contributed by atoms with Gasteiger partial charge in [-0.2, -0.15) is 5.10 Å². The molecule has 2 fully saturated rings. The van der Waals surface area contributed by atoms with Gasteiger partial charge in [-0.1, -0.05) is 0 Å². The fourth-order valence-corrected chi connectivity index (χ4v) is 3.58. The molecule has 0 bridgehead atoms. The highest BCUT2D eigenvalue weighted by molar-refractivity contribution is 5.76. The number of piperidine rings is 1. The molecular weight excluding hydrogens is 306 g/mol. The van der Waals surface area contributed by atoms with Crippen molar-refractivity contribution in [2.45, 2.75) is 52.2 Å². The fraction of sp³-hybridized carbons (Fsp3) is 0.824. The van der Waals surface area contributed by atoms with Crippen molar-refractivity contribution in [3.05, 3.63) is 11.6 Å². The number of hydrogen-bond donors (Lipinski definition) is 0. The first-order valence-corrected chi connectivity index (χ1v) is 9.11. The smallest absolute Gasteiger partial charge is 0.223 e. The van der Waals surface area contributed by atoms with Crippen molar-refractivity contribution >= 4 is 5.91 Å². The normalized spacial score (nSPS) is 22.8. The molecule has 7 nitrogen and oxygen atoms in total. The number of nitrogens with zero attached hydrogens (tertiary/aromatic N) is 5. The van der Waals surface area contributed by atoms with E-state index < -0.39 is 0 Å². The van der Waals surface area contributed by atoms with Crippen LogP contribution in [-0.2, 0) is 16.1 Å². The molecule has 3 heterocycles. The molecule has 134 valence electrons. The molecule has 1 aromatic heterocycles. The van der Waals surface area contributed by atoms with E-state index in [0.717, 1.165) is 70.4 Å². The number of carbonyl (C=O) groups excluding carboxylic acids is 1. The van der Waals surface area contributed by atoms with Crippen LogP contribution >= 0.6 is 0 Å². The molecule has 1 amide bonds. The second-order valence-corrected chi connectivity index (χ2v) is 6.87. The molecule has 7 heteroatoms. The molecular formula is C17H29N5O2. The van der Waals surface area contributed by atoms with Gasteiger partial charge < -0.3 is 9.64 Å². The molecule has 0 unspecified atom stereocenters. The van der Waals surface area contributed by atoms with Gasteiger partial charge in [0.1, 0.15) is 11.6 Å². The fourth-order valence-electron chi connectivity index (χ4n) is 3.58. The first kappa shape index (κ1) is 17.4. The van der Waals surface area contributed by atoms with Gasteiger partial charge in [0, 0.05) is 39.1 Å². The van der Waals surface area contributed by atoms with Crippen LogP contribution in [0.5, 0.6) is 0 Å². The van der Waals surface area contributed by atoms with Crippen molar-refractivity contribution in [1.82, 2.24) is 24.6 Å². The predicted molar refractivity (Wildman–Crippen MR) is 90.7 cm³/mol. The lowest BCUT2D eigenvalue weighted by Gasteiger charge is -2.33. The largest absolute Gasteiger partial charge is 0.374 e. The molecule has 0 aromatic carbocycles. The van der Waals surface area contributed by atoms with Gasteiger partial charge in [0.15, 0.2) is 0 Å². The molecule has 2 aliphatic heterocycles. The Morgan fingerprint density at radius 2 is 2.00 bits per heavy atom. The molecule has 24 heavy (non-hydrogen) atoms. The first-order chi connectivity index (χ1) is 11.6. The van der Waals surface area contributed by atoms with E-state index >= 15 is 0 Å². The maximum atomic E-state index is 12.3. The van der Waals surface area contributed by atoms with Gasteiger partial charge >= 0.3 is 0 Å². The summed E-state index contributed by atoms with van der Waals surface area (Å²) < 4.78 is 7.79. The summed E-state index contributed by atoms with van der Waals surface area (Å²) in [6, 6.07) is 0. The van der Waals surface area contributed by atoms with Gasteiger partial charge in [-0.05, 0) is 33.1 Å². The van der Waals surface area contributed by atoms with Crippen LogP contribution in [0.25, 0.3) is 0 Å². The van der Waals surface area contributed by atoms with Crippen LogP contribution in [0.3, 0.4) is 0 Å². The van der Waals surface area contributed by atoms with E-state index in [4.69, 9.17) is 4.74 Å². The molecule has 0 aliphatic carbocycles. The number of ether oxygens (including phenoxy) is 1. The Balaban J connectivity index is 1.45. The Kier molecular flexibility index (Phi) is 5.84. The molecule has 2 aliphatic rings. The molecule has 1 aromatic rings. The number of amides is 1. The van der Waals surface area contributed by atoms with Gasteiger partial charge in [0.25, 0.3) is 0 Å². The zero-order chi connectivity index (χ0) is 16.9. The van der Waals surface area contributed by atoms with E-state index in [1.54, 1.807) is 0 Å². The zero-order valence-electron chi connectivity index (χ0n) is 14.9. The van der Waals surface area contributed by atoms with Crippen molar-refractivity contribution in [3.63, 3.8) is 0 Å². The van der Waals surface area contributed by atoms with Crippen LogP contribution < -0.4 is 0 Å². The molecule has 3 rings (SSSR count). The topological polar surface area (TPSA) is 63.5 Å². The number of morpholine rings is 1. The third-order valence-electron chi connectivity index (χ3n) is 4.91. The number of likely N-dealkylation sites (tertiary alicyclic amines) is 1. The van der Waals surface area contributed by atoms with Crippen molar-refractivity contribution in [3.8, 4) is 0 Å². The SMILES string of the molecule is Cc1nc(C)n(C[C@@H]2CN(CCC(=O)N3CCCCC3)CCO2)n1. The van der Waals surface area contributed by atoms with Crippen molar-refractivity contribution in [1.29, 1.82) is 0 Å². The molecule has 0 spiro atoms. The van der Waals surface area contributed by atoms with E-state index in [-0.39, 0.29) is 6.10 Å². The molecule has 2 saturated heterocycles. The monoisotopic (exact) mass is 335 g/mol. The van der Waals surface area contributed by atoms with Gasteiger partial charge in [0.05, 0.1) is 19.3 Å². The minimum absolute atomic E-state index is 0.114. The minimum atomic E-state index is 0.114. The van der Waals surface area contributed by atoms with Gasteiger partial charge in [0.2, 0.25) is 5.91 Å². The maximum absolute atomic E-state index is 12.3. The quantitative estimate of drug-likeness (QED) is 0.803. The van der Waals surface area contributed by atoms with Crippen LogP contribution in [0, 0.1) is 13.8 Å². The Morgan fingerprint density at radius 3 is 2.71 bits per heavy atom. The van der Waals surface area contributed by atoms with Gasteiger partial charge in [-0.25, -0.2) is 9.67 Å². The molecule has 0 radical (unpaired) electrons. The van der Waals surface area contributed by atoms with E-state index in [9.17, 15) is 4.79 Å². The average molecular weight is 335 g/mol. The molecule has 0 N–H and O–H groups in total. The Hall–Kier alpha value is -1.47.